The van der Waals surface area contributed by atoms with Crippen LogP contribution in [0.25, 0.3) is 11.3 Å². The predicted molar refractivity (Wildman–Crippen MR) is 99.2 cm³/mol. The van der Waals surface area contributed by atoms with Crippen molar-refractivity contribution in [3.8, 4) is 17.3 Å². The number of hydrogen-bond acceptors (Lipinski definition) is 5. The molecule has 0 bridgehead atoms. The average molecular weight is 438 g/mol. The van der Waals surface area contributed by atoms with Crippen molar-refractivity contribution in [2.75, 3.05) is 6.54 Å². The molecule has 8 nitrogen and oxygen atoms in total. The summed E-state index contributed by atoms with van der Waals surface area (Å²) in [4.78, 5) is 29.1. The van der Waals surface area contributed by atoms with E-state index in [0.29, 0.717) is 18.0 Å². The van der Waals surface area contributed by atoms with Gasteiger partial charge in [-0.25, -0.2) is 9.37 Å². The molecule has 1 atom stereocenters. The normalized spacial score (nSPS) is 14.6. The monoisotopic (exact) mass is 438 g/mol. The van der Waals surface area contributed by atoms with Crippen molar-refractivity contribution in [3.63, 3.8) is 0 Å². The van der Waals surface area contributed by atoms with E-state index in [1.54, 1.807) is 0 Å². The lowest BCUT2D eigenvalue weighted by Gasteiger charge is -2.30. The second-order valence-corrected chi connectivity index (χ2v) is 7.05. The Bertz CT molecular complexity index is 1070. The highest BCUT2D eigenvalue weighted by molar-refractivity contribution is 5.83. The molecule has 0 unspecified atom stereocenters. The number of halogens is 4. The van der Waals surface area contributed by atoms with Gasteiger partial charge in [-0.2, -0.15) is 18.4 Å². The summed E-state index contributed by atoms with van der Waals surface area (Å²) < 4.78 is 54.0. The van der Waals surface area contributed by atoms with Gasteiger partial charge < -0.3 is 20.9 Å². The highest BCUT2D eigenvalue weighted by atomic mass is 19.4. The van der Waals surface area contributed by atoms with E-state index in [2.05, 4.69) is 4.98 Å². The first-order valence-corrected chi connectivity index (χ1v) is 9.22. The van der Waals surface area contributed by atoms with E-state index in [4.69, 9.17) is 11.5 Å². The zero-order valence-electron chi connectivity index (χ0n) is 16.1. The Kier molecular flexibility index (Phi) is 5.99. The number of primary amides is 1. The summed E-state index contributed by atoms with van der Waals surface area (Å²) in [5.74, 6) is -2.16. The number of carbonyl (C=O) groups is 2. The van der Waals surface area contributed by atoms with Crippen LogP contribution in [-0.2, 0) is 28.9 Å². The highest BCUT2D eigenvalue weighted by Crippen LogP contribution is 2.34. The van der Waals surface area contributed by atoms with Crippen LogP contribution in [0.4, 0.5) is 17.6 Å². The molecular formula is C19H18F4N6O2. The van der Waals surface area contributed by atoms with Crippen LogP contribution in [0.2, 0.25) is 0 Å². The molecule has 1 aromatic carbocycles. The summed E-state index contributed by atoms with van der Waals surface area (Å²) in [6.07, 6.45) is -4.81. The number of benzene rings is 1. The number of aromatic nitrogens is 2. The van der Waals surface area contributed by atoms with E-state index < -0.39 is 35.4 Å². The number of amides is 2. The molecule has 3 rings (SSSR count). The van der Waals surface area contributed by atoms with Crippen LogP contribution in [0, 0.1) is 17.1 Å². The van der Waals surface area contributed by atoms with E-state index in [1.165, 1.54) is 9.47 Å². The van der Waals surface area contributed by atoms with Crippen molar-refractivity contribution in [2.24, 2.45) is 11.5 Å². The summed E-state index contributed by atoms with van der Waals surface area (Å²) in [5, 5.41) is 9.53. The molecule has 0 saturated carbocycles. The van der Waals surface area contributed by atoms with Crippen molar-refractivity contribution in [1.29, 1.82) is 5.26 Å². The van der Waals surface area contributed by atoms with Crippen LogP contribution in [0.5, 0.6) is 0 Å². The van der Waals surface area contributed by atoms with Gasteiger partial charge in [0, 0.05) is 25.1 Å². The molecule has 0 aliphatic carbocycles. The molecule has 12 heteroatoms. The third-order valence-electron chi connectivity index (χ3n) is 4.96. The summed E-state index contributed by atoms with van der Waals surface area (Å²) in [7, 11) is 0. The zero-order chi connectivity index (χ0) is 22.9. The fourth-order valence-electron chi connectivity index (χ4n) is 3.38. The van der Waals surface area contributed by atoms with Gasteiger partial charge in [0.15, 0.2) is 0 Å². The summed E-state index contributed by atoms with van der Waals surface area (Å²) in [6.45, 7) is 0.408. The van der Waals surface area contributed by atoms with Crippen LogP contribution in [0.15, 0.2) is 18.2 Å². The molecule has 1 aliphatic rings. The number of fused-ring (bicyclic) bond motifs is 1. The van der Waals surface area contributed by atoms with Gasteiger partial charge in [-0.15, -0.1) is 0 Å². The Morgan fingerprint density at radius 3 is 2.58 bits per heavy atom. The summed E-state index contributed by atoms with van der Waals surface area (Å²) in [5.41, 5.74) is 9.56. The molecule has 2 amide bonds. The van der Waals surface area contributed by atoms with E-state index in [-0.39, 0.29) is 49.4 Å². The fourth-order valence-corrected chi connectivity index (χ4v) is 3.38. The van der Waals surface area contributed by atoms with Crippen molar-refractivity contribution in [3.05, 3.63) is 41.1 Å². The fraction of sp³-hybridized carbons (Fsp3) is 0.368. The van der Waals surface area contributed by atoms with Crippen molar-refractivity contribution in [1.82, 2.24) is 14.5 Å². The van der Waals surface area contributed by atoms with Gasteiger partial charge >= 0.3 is 6.18 Å². The predicted octanol–water partition coefficient (Wildman–Crippen LogP) is 1.51. The third kappa shape index (κ3) is 4.51. The Morgan fingerprint density at radius 1 is 1.29 bits per heavy atom. The standard InChI is InChI=1S/C19H18F4N6O2/c20-12-7-10(1-2-11(12)19(21,22)23)17-14(8-24)29-6-5-28(9-16(29)27-17)18(31)13(25)3-4-15(26)30/h1-2,7,13H,3-6,9,25H2,(H2,26,30)/t13-/m0/s1. The van der Waals surface area contributed by atoms with Crippen LogP contribution in [0.1, 0.15) is 29.9 Å². The van der Waals surface area contributed by atoms with Gasteiger partial charge in [0.25, 0.3) is 0 Å². The SMILES string of the molecule is N#Cc1c(-c2ccc(C(F)(F)F)c(F)c2)nc2n1CCN(C(=O)[C@@H](N)CCC(N)=O)C2. The molecule has 0 fully saturated rings. The molecule has 4 N–H and O–H groups in total. The highest BCUT2D eigenvalue weighted by Gasteiger charge is 2.35. The number of alkyl halides is 3. The Labute approximate surface area is 174 Å². The van der Waals surface area contributed by atoms with Crippen molar-refractivity contribution in [2.45, 2.75) is 38.1 Å². The van der Waals surface area contributed by atoms with Gasteiger partial charge in [0.05, 0.1) is 18.2 Å². The number of nitrogens with zero attached hydrogens (tertiary/aromatic N) is 4. The first-order valence-electron chi connectivity index (χ1n) is 9.22. The number of imidazole rings is 1. The minimum atomic E-state index is -4.84. The molecule has 0 radical (unpaired) electrons. The molecule has 1 aromatic heterocycles. The number of carbonyl (C=O) groups excluding carboxylic acids is 2. The number of nitriles is 1. The van der Waals surface area contributed by atoms with E-state index in [0.717, 1.165) is 6.07 Å². The lowest BCUT2D eigenvalue weighted by atomic mass is 10.1. The van der Waals surface area contributed by atoms with Crippen molar-refractivity contribution >= 4 is 11.8 Å². The maximum atomic E-state index is 14.0. The van der Waals surface area contributed by atoms with Crippen LogP contribution < -0.4 is 11.5 Å². The van der Waals surface area contributed by atoms with Crippen LogP contribution in [0.3, 0.4) is 0 Å². The lowest BCUT2D eigenvalue weighted by molar-refractivity contribution is -0.140. The lowest BCUT2D eigenvalue weighted by Crippen LogP contribution is -2.47. The minimum absolute atomic E-state index is 0.000894. The van der Waals surface area contributed by atoms with E-state index in [9.17, 15) is 32.4 Å². The average Bonchev–Trinajstić information content (AvgIpc) is 3.08. The first kappa shape index (κ1) is 22.2. The second-order valence-electron chi connectivity index (χ2n) is 7.05. The molecule has 31 heavy (non-hydrogen) atoms. The van der Waals surface area contributed by atoms with Crippen LogP contribution >= 0.6 is 0 Å². The number of hydrogen-bond donors (Lipinski definition) is 2. The van der Waals surface area contributed by atoms with E-state index >= 15 is 0 Å². The van der Waals surface area contributed by atoms with Gasteiger partial charge in [-0.05, 0) is 18.6 Å². The van der Waals surface area contributed by atoms with Gasteiger partial charge in [-0.1, -0.05) is 6.07 Å². The molecule has 1 aliphatic heterocycles. The molecular weight excluding hydrogens is 420 g/mol. The number of rotatable bonds is 5. The molecule has 0 spiro atoms. The topological polar surface area (TPSA) is 131 Å². The minimum Gasteiger partial charge on any atom is -0.370 e. The van der Waals surface area contributed by atoms with Gasteiger partial charge in [0.1, 0.15) is 29.1 Å². The second kappa shape index (κ2) is 8.35. The van der Waals surface area contributed by atoms with Gasteiger partial charge in [0.2, 0.25) is 11.8 Å². The largest absolute Gasteiger partial charge is 0.419 e. The Balaban J connectivity index is 1.88. The molecule has 2 heterocycles. The third-order valence-corrected chi connectivity index (χ3v) is 4.96. The van der Waals surface area contributed by atoms with Gasteiger partial charge in [-0.3, -0.25) is 9.59 Å². The Hall–Kier alpha value is -3.46. The maximum Gasteiger partial charge on any atom is 0.419 e. The first-order chi connectivity index (χ1) is 14.5. The van der Waals surface area contributed by atoms with Crippen molar-refractivity contribution < 1.29 is 27.2 Å². The molecule has 2 aromatic rings. The summed E-state index contributed by atoms with van der Waals surface area (Å²) in [6, 6.07) is 3.33. The Morgan fingerprint density at radius 2 is 2.00 bits per heavy atom. The number of nitrogens with two attached hydrogens (primary N) is 2. The quantitative estimate of drug-likeness (QED) is 0.684. The molecule has 164 valence electrons. The maximum absolute atomic E-state index is 14.0. The molecule has 0 saturated heterocycles. The summed E-state index contributed by atoms with van der Waals surface area (Å²) >= 11 is 0. The van der Waals surface area contributed by atoms with Crippen LogP contribution in [-0.4, -0.2) is 38.9 Å². The van der Waals surface area contributed by atoms with E-state index in [1.807, 2.05) is 6.07 Å². The zero-order valence-corrected chi connectivity index (χ0v) is 16.1. The smallest absolute Gasteiger partial charge is 0.370 e.